The third-order valence-corrected chi connectivity index (χ3v) is 16.0. The second-order valence-electron chi connectivity index (χ2n) is 23.0. The first kappa shape index (κ1) is 66.1. The number of hydrogen-bond acceptors (Lipinski definition) is 16. The average Bonchev–Trinajstić information content (AvgIpc) is 2.31. The second-order valence-corrected chi connectivity index (χ2v) is 23.0. The molecule has 0 N–H and O–H groups in total. The predicted molar refractivity (Wildman–Crippen MR) is 328 cm³/mol. The SMILES string of the molecule is CCCOc1c2cc(COCC(=O)N3CCOCC3)cc1Cc1cc(COCC(=O)N3CCOCC3)cc(c1OCCC)Cc1cc(COCC(=O)N3CCOCC3)cc(c1OCCC)Cc1cc(COCC(=O)N3CCOCC3)cc(c1OCCC)C2. The Morgan fingerprint density at radius 2 is 0.500 bits per heavy atom. The quantitative estimate of drug-likeness (QED) is 0.0496. The maximum Gasteiger partial charge on any atom is 0.248 e. The Balaban J connectivity index is 1.21. The average molecular weight is 1220 g/mol. The molecule has 20 nitrogen and oxygen atoms in total. The molecule has 8 bridgehead atoms. The third kappa shape index (κ3) is 18.9. The Labute approximate surface area is 519 Å². The summed E-state index contributed by atoms with van der Waals surface area (Å²) in [6.07, 6.45) is 4.46. The van der Waals surface area contributed by atoms with E-state index >= 15 is 0 Å². The van der Waals surface area contributed by atoms with E-state index in [1.165, 1.54) is 0 Å². The molecule has 0 unspecified atom stereocenters. The van der Waals surface area contributed by atoms with E-state index in [1.807, 2.05) is 0 Å². The van der Waals surface area contributed by atoms with Crippen molar-refractivity contribution in [3.05, 3.63) is 115 Å². The van der Waals surface area contributed by atoms with Gasteiger partial charge in [-0.15, -0.1) is 0 Å². The summed E-state index contributed by atoms with van der Waals surface area (Å²) in [6.45, 7) is 18.4. The van der Waals surface area contributed by atoms with Crippen LogP contribution in [0.25, 0.3) is 0 Å². The van der Waals surface area contributed by atoms with Gasteiger partial charge in [0.15, 0.2) is 0 Å². The first-order valence-electron chi connectivity index (χ1n) is 31.9. The number of morpholine rings is 4. The lowest BCUT2D eigenvalue weighted by molar-refractivity contribution is -0.141. The summed E-state index contributed by atoms with van der Waals surface area (Å²) in [5, 5.41) is 0. The molecule has 0 radical (unpaired) electrons. The number of ether oxygens (including phenoxy) is 12. The van der Waals surface area contributed by atoms with E-state index < -0.39 is 0 Å². The van der Waals surface area contributed by atoms with E-state index in [4.69, 9.17) is 56.8 Å². The highest BCUT2D eigenvalue weighted by Crippen LogP contribution is 2.42. The summed E-state index contributed by atoms with van der Waals surface area (Å²) in [4.78, 5) is 61.1. The van der Waals surface area contributed by atoms with Crippen molar-refractivity contribution in [1.82, 2.24) is 19.6 Å². The smallest absolute Gasteiger partial charge is 0.248 e. The van der Waals surface area contributed by atoms with Crippen molar-refractivity contribution in [3.8, 4) is 23.0 Å². The van der Waals surface area contributed by atoms with E-state index in [1.54, 1.807) is 19.6 Å². The lowest BCUT2D eigenvalue weighted by atomic mass is 9.88. The molecule has 4 heterocycles. The molecule has 4 saturated heterocycles. The lowest BCUT2D eigenvalue weighted by Gasteiger charge is -2.27. The maximum absolute atomic E-state index is 13.5. The van der Waals surface area contributed by atoms with Crippen LogP contribution in [-0.4, -0.2) is 201 Å². The van der Waals surface area contributed by atoms with E-state index in [0.29, 0.717) is 157 Å². The Morgan fingerprint density at radius 3 is 0.670 bits per heavy atom. The molecule has 9 rings (SSSR count). The molecule has 1 aliphatic carbocycles. The highest BCUT2D eigenvalue weighted by atomic mass is 16.5. The zero-order valence-electron chi connectivity index (χ0n) is 52.4. The van der Waals surface area contributed by atoms with Crippen LogP contribution in [0, 0.1) is 0 Å². The number of amides is 4. The van der Waals surface area contributed by atoms with Crippen molar-refractivity contribution in [1.29, 1.82) is 0 Å². The monoisotopic (exact) mass is 1220 g/mol. The Kier molecular flexibility index (Phi) is 26.0. The van der Waals surface area contributed by atoms with Crippen molar-refractivity contribution < 1.29 is 76.0 Å². The van der Waals surface area contributed by atoms with Crippen LogP contribution < -0.4 is 18.9 Å². The number of carbonyl (C=O) groups is 4. The highest BCUT2D eigenvalue weighted by molar-refractivity contribution is 5.79. The minimum atomic E-state index is -0.0912. The zero-order valence-corrected chi connectivity index (χ0v) is 52.4. The van der Waals surface area contributed by atoms with Crippen LogP contribution in [0.3, 0.4) is 0 Å². The minimum Gasteiger partial charge on any atom is -0.493 e. The minimum absolute atomic E-state index is 0.0911. The Bertz CT molecular complexity index is 2450. The lowest BCUT2D eigenvalue weighted by Crippen LogP contribution is -2.42. The van der Waals surface area contributed by atoms with E-state index in [2.05, 4.69) is 76.2 Å². The molecular formula is C68H92N4O16. The van der Waals surface area contributed by atoms with Gasteiger partial charge in [-0.05, 0) is 141 Å². The third-order valence-electron chi connectivity index (χ3n) is 16.0. The number of rotatable bonds is 28. The van der Waals surface area contributed by atoms with Crippen LogP contribution in [0.5, 0.6) is 23.0 Å². The molecule has 0 aromatic heterocycles. The zero-order chi connectivity index (χ0) is 61.5. The fourth-order valence-corrected chi connectivity index (χ4v) is 11.7. The first-order chi connectivity index (χ1) is 43.1. The number of hydrogen-bond donors (Lipinski definition) is 0. The van der Waals surface area contributed by atoms with Gasteiger partial charge in [0, 0.05) is 78.0 Å². The summed E-state index contributed by atoms with van der Waals surface area (Å²) < 4.78 is 75.3. The van der Waals surface area contributed by atoms with Crippen LogP contribution in [0.1, 0.15) is 120 Å². The molecule has 4 aromatic rings. The molecule has 4 amide bonds. The fourth-order valence-electron chi connectivity index (χ4n) is 11.7. The van der Waals surface area contributed by atoms with Gasteiger partial charge in [0.25, 0.3) is 0 Å². The van der Waals surface area contributed by atoms with Gasteiger partial charge < -0.3 is 76.4 Å². The van der Waals surface area contributed by atoms with Gasteiger partial charge in [0.2, 0.25) is 23.6 Å². The Hall–Kier alpha value is -6.36. The Morgan fingerprint density at radius 1 is 0.318 bits per heavy atom. The molecule has 0 atom stereocenters. The summed E-state index contributed by atoms with van der Waals surface area (Å²) >= 11 is 0. The van der Waals surface area contributed by atoms with Crippen LogP contribution >= 0.6 is 0 Å². The molecular weight excluding hydrogens is 1130 g/mol. The molecule has 88 heavy (non-hydrogen) atoms. The van der Waals surface area contributed by atoms with Crippen molar-refractivity contribution in [2.75, 3.05) is 158 Å². The van der Waals surface area contributed by atoms with Crippen LogP contribution in [0.2, 0.25) is 0 Å². The van der Waals surface area contributed by atoms with Gasteiger partial charge in [-0.25, -0.2) is 0 Å². The fraction of sp³-hybridized carbons (Fsp3) is 0.588. The number of benzene rings is 4. The van der Waals surface area contributed by atoms with Gasteiger partial charge in [-0.1, -0.05) is 27.7 Å². The van der Waals surface area contributed by atoms with Gasteiger partial charge in [0.05, 0.1) is 106 Å². The topological polar surface area (TPSA) is 192 Å². The molecule has 0 saturated carbocycles. The molecule has 4 fully saturated rings. The number of nitrogens with zero attached hydrogens (tertiary/aromatic N) is 4. The predicted octanol–water partition coefficient (Wildman–Crippen LogP) is 7.02. The molecule has 480 valence electrons. The standard InChI is InChI=1S/C68H92N4O16/c1-5-17-85-65-53-29-49(41-81-45-61(73)69-9-21-77-22-10-69)30-54(65)38-56-32-51(43-83-47-63(75)71-13-25-79-26-14-71)34-58(67(56)87-19-7-3)40-60-36-52(44-84-48-64(76)72-15-27-80-28-16-72)35-59(68(60)88-20-8-4)39-57-33-50(31-55(37-53)66(57)86-18-6-2)42-82-46-62(74)70-11-23-78-24-12-70/h29-36H,5-28,37-48H2,1-4H3. The summed E-state index contributed by atoms with van der Waals surface area (Å²) in [5.74, 6) is 2.53. The molecule has 5 aliphatic rings. The van der Waals surface area contributed by atoms with Crippen molar-refractivity contribution in [3.63, 3.8) is 0 Å². The molecule has 4 aliphatic heterocycles. The maximum atomic E-state index is 13.5. The van der Waals surface area contributed by atoms with Gasteiger partial charge in [-0.2, -0.15) is 0 Å². The van der Waals surface area contributed by atoms with Crippen molar-refractivity contribution in [2.24, 2.45) is 0 Å². The van der Waals surface area contributed by atoms with Gasteiger partial charge in [-0.3, -0.25) is 19.2 Å². The molecule has 0 spiro atoms. The molecule has 20 heteroatoms. The summed E-state index contributed by atoms with van der Waals surface area (Å²) in [5.41, 5.74) is 10.5. The van der Waals surface area contributed by atoms with Gasteiger partial charge >= 0.3 is 0 Å². The van der Waals surface area contributed by atoms with Crippen LogP contribution in [-0.2, 0) is 109 Å². The largest absolute Gasteiger partial charge is 0.493 e. The molecule has 4 aromatic carbocycles. The van der Waals surface area contributed by atoms with Gasteiger partial charge in [0.1, 0.15) is 49.4 Å². The normalized spacial score (nSPS) is 16.3. The van der Waals surface area contributed by atoms with E-state index in [-0.39, 0.29) is 76.5 Å². The van der Waals surface area contributed by atoms with Crippen molar-refractivity contribution >= 4 is 23.6 Å². The van der Waals surface area contributed by atoms with Crippen molar-refractivity contribution in [2.45, 2.75) is 105 Å². The summed E-state index contributed by atoms with van der Waals surface area (Å²) in [6, 6.07) is 17.0. The number of fused-ring (bicyclic) bond motifs is 8. The summed E-state index contributed by atoms with van der Waals surface area (Å²) in [7, 11) is 0. The van der Waals surface area contributed by atoms with Crippen LogP contribution in [0.4, 0.5) is 0 Å². The second kappa shape index (κ2) is 34.6. The first-order valence-corrected chi connectivity index (χ1v) is 31.9. The van der Waals surface area contributed by atoms with E-state index in [0.717, 1.165) is 115 Å². The van der Waals surface area contributed by atoms with E-state index in [9.17, 15) is 19.2 Å². The van der Waals surface area contributed by atoms with Crippen LogP contribution in [0.15, 0.2) is 48.5 Å². The highest BCUT2D eigenvalue weighted by Gasteiger charge is 2.27. The number of carbonyl (C=O) groups excluding carboxylic acids is 4.